The van der Waals surface area contributed by atoms with Crippen molar-refractivity contribution in [3.05, 3.63) is 71.8 Å². The maximum absolute atomic E-state index is 13.9. The van der Waals surface area contributed by atoms with Crippen LogP contribution in [-0.4, -0.2) is 17.7 Å². The van der Waals surface area contributed by atoms with Crippen LogP contribution in [0.1, 0.15) is 58.4 Å². The topological polar surface area (TPSA) is 46.2 Å². The Hall–Kier alpha value is -2.42. The van der Waals surface area contributed by atoms with Crippen LogP contribution in [0.15, 0.2) is 66.3 Å². The van der Waals surface area contributed by atoms with Gasteiger partial charge in [-0.3, -0.25) is 9.59 Å². The predicted molar refractivity (Wildman–Crippen MR) is 130 cm³/mol. The molecular formula is C29H37NO2. The van der Waals surface area contributed by atoms with Crippen molar-refractivity contribution in [1.29, 1.82) is 0 Å². The highest BCUT2D eigenvalue weighted by Crippen LogP contribution is 2.54. The molecule has 3 aliphatic rings. The standard InChI is InChI=1S/C29H37NO2/c1-20-12-7-4-5-10-17-26(31)29-24(16-11-13-20)18-21(2)22(3)27(29)25(30-28(29)32)19-23-14-8-6-9-15-23/h6,8-11,14-18,20,22,24-25,27H,4-5,7,12-13,19H2,1-3H3,(H,30,32)/b16-11+,17-10+/t20-,22-,24?,25+,27+,29-/m1/s1. The molecule has 1 unspecified atom stereocenters. The number of allylic oxidation sites excluding steroid dienone is 6. The number of hydrogen-bond acceptors (Lipinski definition) is 2. The summed E-state index contributed by atoms with van der Waals surface area (Å²) in [5, 5.41) is 3.29. The summed E-state index contributed by atoms with van der Waals surface area (Å²) in [6, 6.07) is 10.3. The first-order valence-electron chi connectivity index (χ1n) is 12.4. The van der Waals surface area contributed by atoms with Crippen LogP contribution < -0.4 is 5.32 Å². The molecule has 4 rings (SSSR count). The lowest BCUT2D eigenvalue weighted by Gasteiger charge is -2.44. The van der Waals surface area contributed by atoms with E-state index in [-0.39, 0.29) is 35.5 Å². The molecule has 1 aromatic carbocycles. The van der Waals surface area contributed by atoms with Crippen molar-refractivity contribution in [1.82, 2.24) is 5.32 Å². The van der Waals surface area contributed by atoms with E-state index in [1.165, 1.54) is 24.0 Å². The molecule has 1 fully saturated rings. The van der Waals surface area contributed by atoms with Gasteiger partial charge in [0, 0.05) is 17.9 Å². The molecule has 1 aromatic rings. The second-order valence-corrected chi connectivity index (χ2v) is 10.2. The number of rotatable bonds is 2. The second-order valence-electron chi connectivity index (χ2n) is 10.2. The van der Waals surface area contributed by atoms with E-state index in [0.29, 0.717) is 5.92 Å². The summed E-state index contributed by atoms with van der Waals surface area (Å²) in [4.78, 5) is 27.6. The molecule has 1 saturated heterocycles. The Morgan fingerprint density at radius 2 is 1.84 bits per heavy atom. The highest BCUT2D eigenvalue weighted by Gasteiger charge is 2.64. The summed E-state index contributed by atoms with van der Waals surface area (Å²) in [6.45, 7) is 6.65. The van der Waals surface area contributed by atoms with E-state index in [1.807, 2.05) is 24.3 Å². The smallest absolute Gasteiger partial charge is 0.235 e. The predicted octanol–water partition coefficient (Wildman–Crippen LogP) is 5.82. The van der Waals surface area contributed by atoms with Crippen molar-refractivity contribution in [2.24, 2.45) is 29.1 Å². The van der Waals surface area contributed by atoms with Gasteiger partial charge < -0.3 is 5.32 Å². The molecule has 170 valence electrons. The number of hydrogen-bond donors (Lipinski definition) is 1. The third-order valence-electron chi connectivity index (χ3n) is 8.05. The van der Waals surface area contributed by atoms with Crippen LogP contribution in [0.25, 0.3) is 0 Å². The van der Waals surface area contributed by atoms with E-state index in [9.17, 15) is 9.59 Å². The van der Waals surface area contributed by atoms with E-state index >= 15 is 0 Å². The van der Waals surface area contributed by atoms with Gasteiger partial charge in [-0.05, 0) is 56.1 Å². The van der Waals surface area contributed by atoms with Crippen molar-refractivity contribution < 1.29 is 9.59 Å². The number of carbonyl (C=O) groups excluding carboxylic acids is 2. The van der Waals surface area contributed by atoms with E-state index < -0.39 is 5.41 Å². The molecular weight excluding hydrogens is 394 g/mol. The van der Waals surface area contributed by atoms with Crippen LogP contribution in [0.4, 0.5) is 0 Å². The molecule has 3 nitrogen and oxygen atoms in total. The molecule has 32 heavy (non-hydrogen) atoms. The number of benzene rings is 1. The van der Waals surface area contributed by atoms with Crippen LogP contribution in [0.2, 0.25) is 0 Å². The zero-order valence-electron chi connectivity index (χ0n) is 19.7. The third-order valence-corrected chi connectivity index (χ3v) is 8.05. The summed E-state index contributed by atoms with van der Waals surface area (Å²) < 4.78 is 0. The molecule has 1 spiro atoms. The van der Waals surface area contributed by atoms with E-state index in [4.69, 9.17) is 0 Å². The SMILES string of the molecule is CC1=CC2/C=C/C[C@H](C)CCCC/C=C/C(=O)[C@]23C(=O)N[C@@H](Cc2ccccc2)[C@@H]3[C@@H]1C. The number of amides is 1. The lowest BCUT2D eigenvalue weighted by atomic mass is 9.55. The number of carbonyl (C=O) groups is 2. The molecule has 1 amide bonds. The van der Waals surface area contributed by atoms with E-state index in [2.05, 4.69) is 56.4 Å². The molecule has 0 bridgehead atoms. The fourth-order valence-corrected chi connectivity index (χ4v) is 6.16. The van der Waals surface area contributed by atoms with Gasteiger partial charge in [0.2, 0.25) is 5.91 Å². The monoisotopic (exact) mass is 431 g/mol. The fraction of sp³-hybridized carbons (Fsp3) is 0.517. The summed E-state index contributed by atoms with van der Waals surface area (Å²) >= 11 is 0. The largest absolute Gasteiger partial charge is 0.352 e. The van der Waals surface area contributed by atoms with E-state index in [0.717, 1.165) is 25.7 Å². The molecule has 0 saturated carbocycles. The molecule has 0 aromatic heterocycles. The van der Waals surface area contributed by atoms with Gasteiger partial charge in [0.05, 0.1) is 0 Å². The molecule has 0 radical (unpaired) electrons. The number of ketones is 1. The van der Waals surface area contributed by atoms with Gasteiger partial charge in [-0.25, -0.2) is 0 Å². The zero-order chi connectivity index (χ0) is 22.7. The quantitative estimate of drug-likeness (QED) is 0.473. The van der Waals surface area contributed by atoms with E-state index in [1.54, 1.807) is 6.08 Å². The van der Waals surface area contributed by atoms with Gasteiger partial charge in [-0.1, -0.05) is 86.9 Å². The van der Waals surface area contributed by atoms with Gasteiger partial charge >= 0.3 is 0 Å². The van der Waals surface area contributed by atoms with Gasteiger partial charge in [0.25, 0.3) is 0 Å². The van der Waals surface area contributed by atoms with Gasteiger partial charge in [0.15, 0.2) is 5.78 Å². The minimum absolute atomic E-state index is 0.0203. The second kappa shape index (κ2) is 9.60. The van der Waals surface area contributed by atoms with Crippen LogP contribution >= 0.6 is 0 Å². The first-order valence-corrected chi connectivity index (χ1v) is 12.4. The summed E-state index contributed by atoms with van der Waals surface area (Å²) in [7, 11) is 0. The van der Waals surface area contributed by atoms with Crippen molar-refractivity contribution in [2.75, 3.05) is 0 Å². The third kappa shape index (κ3) is 4.14. The molecule has 1 aliphatic heterocycles. The van der Waals surface area contributed by atoms with Crippen molar-refractivity contribution in [2.45, 2.75) is 65.3 Å². The van der Waals surface area contributed by atoms with Crippen molar-refractivity contribution in [3.63, 3.8) is 0 Å². The maximum Gasteiger partial charge on any atom is 0.235 e. The van der Waals surface area contributed by atoms with Gasteiger partial charge in [-0.2, -0.15) is 0 Å². The molecule has 1 heterocycles. The van der Waals surface area contributed by atoms with Gasteiger partial charge in [0.1, 0.15) is 5.41 Å². The van der Waals surface area contributed by atoms with Crippen molar-refractivity contribution >= 4 is 11.7 Å². The summed E-state index contributed by atoms with van der Waals surface area (Å²) in [5.74, 6) is 0.414. The highest BCUT2D eigenvalue weighted by molar-refractivity contribution is 6.13. The first kappa shape index (κ1) is 22.8. The van der Waals surface area contributed by atoms with Crippen LogP contribution in [-0.2, 0) is 16.0 Å². The summed E-state index contributed by atoms with van der Waals surface area (Å²) in [5.41, 5.74) is 1.43. The minimum Gasteiger partial charge on any atom is -0.352 e. The first-order chi connectivity index (χ1) is 15.4. The van der Waals surface area contributed by atoms with Crippen LogP contribution in [0, 0.1) is 29.1 Å². The molecule has 6 atom stereocenters. The normalized spacial score (nSPS) is 37.6. The molecule has 3 heteroatoms. The maximum atomic E-state index is 13.9. The Bertz CT molecular complexity index is 928. The Labute approximate surface area is 193 Å². The zero-order valence-corrected chi connectivity index (χ0v) is 19.7. The van der Waals surface area contributed by atoms with Crippen molar-refractivity contribution in [3.8, 4) is 0 Å². The summed E-state index contributed by atoms with van der Waals surface area (Å²) in [6.07, 6.45) is 16.4. The minimum atomic E-state index is -1.05. The number of nitrogens with one attached hydrogen (secondary N) is 1. The van der Waals surface area contributed by atoms with Crippen LogP contribution in [0.5, 0.6) is 0 Å². The molecule has 2 aliphatic carbocycles. The average molecular weight is 432 g/mol. The Morgan fingerprint density at radius 3 is 2.62 bits per heavy atom. The fourth-order valence-electron chi connectivity index (χ4n) is 6.16. The lowest BCUT2D eigenvalue weighted by Crippen LogP contribution is -2.51. The lowest BCUT2D eigenvalue weighted by molar-refractivity contribution is -0.142. The molecule has 1 N–H and O–H groups in total. The Balaban J connectivity index is 1.79. The van der Waals surface area contributed by atoms with Crippen LogP contribution in [0.3, 0.4) is 0 Å². The Morgan fingerprint density at radius 1 is 1.06 bits per heavy atom. The Kier molecular flexibility index (Phi) is 6.83. The highest BCUT2D eigenvalue weighted by atomic mass is 16.2. The average Bonchev–Trinajstić information content (AvgIpc) is 3.07. The van der Waals surface area contributed by atoms with Gasteiger partial charge in [-0.15, -0.1) is 0 Å².